The molecule has 2 aromatic heterocycles. The van der Waals surface area contributed by atoms with Crippen molar-refractivity contribution in [2.75, 3.05) is 37.8 Å². The van der Waals surface area contributed by atoms with Crippen LogP contribution in [0.1, 0.15) is 19.5 Å². The van der Waals surface area contributed by atoms with E-state index in [-0.39, 0.29) is 10.8 Å². The SMILES string of the molecule is CNCCNc1ccc2cc(OC[C@H](O/N=C(\C(=O)NC3C(=O)N(OS(=O)(=O)O)C3(C)C)c3csc(N)n3)C(=O)O)ccc2n1. The molecule has 4 rings (SSSR count). The fourth-order valence-corrected chi connectivity index (χ4v) is 5.06. The Labute approximate surface area is 260 Å². The van der Waals surface area contributed by atoms with Gasteiger partial charge in [-0.1, -0.05) is 5.16 Å². The first-order chi connectivity index (χ1) is 21.2. The molecule has 1 fully saturated rings. The van der Waals surface area contributed by atoms with Crippen molar-refractivity contribution in [2.45, 2.75) is 31.5 Å². The zero-order valence-corrected chi connectivity index (χ0v) is 25.7. The number of carboxylic acids is 1. The highest BCUT2D eigenvalue weighted by molar-refractivity contribution is 7.80. The number of carbonyl (C=O) groups excluding carboxylic acids is 2. The van der Waals surface area contributed by atoms with Crippen LogP contribution in [0.3, 0.4) is 0 Å². The number of nitrogens with zero attached hydrogens (tertiary/aromatic N) is 4. The molecule has 1 aliphatic rings. The van der Waals surface area contributed by atoms with Crippen molar-refractivity contribution in [3.8, 4) is 5.75 Å². The van der Waals surface area contributed by atoms with Crippen LogP contribution in [0.2, 0.25) is 0 Å². The van der Waals surface area contributed by atoms with Crippen LogP contribution in [0, 0.1) is 0 Å². The molecule has 2 atom stereocenters. The number of nitrogen functional groups attached to an aromatic ring is 1. The summed E-state index contributed by atoms with van der Waals surface area (Å²) in [5, 5.41) is 24.6. The number of carbonyl (C=O) groups is 3. The number of amides is 2. The fourth-order valence-electron chi connectivity index (χ4n) is 4.06. The number of pyridine rings is 1. The van der Waals surface area contributed by atoms with E-state index in [4.69, 9.17) is 19.9 Å². The van der Waals surface area contributed by atoms with Gasteiger partial charge in [0.15, 0.2) is 10.8 Å². The zero-order valence-electron chi connectivity index (χ0n) is 24.1. The number of aromatic nitrogens is 2. The van der Waals surface area contributed by atoms with Gasteiger partial charge in [0.2, 0.25) is 0 Å². The number of benzene rings is 1. The van der Waals surface area contributed by atoms with Crippen LogP contribution in [-0.4, -0.2) is 101 Å². The van der Waals surface area contributed by atoms with E-state index >= 15 is 0 Å². The number of hydrogen-bond acceptors (Lipinski definition) is 15. The number of hydrogen-bond donors (Lipinski definition) is 6. The van der Waals surface area contributed by atoms with Crippen molar-refractivity contribution >= 4 is 67.1 Å². The first-order valence-corrected chi connectivity index (χ1v) is 15.4. The van der Waals surface area contributed by atoms with Crippen LogP contribution in [0.15, 0.2) is 40.9 Å². The highest BCUT2D eigenvalue weighted by Gasteiger charge is 2.58. The van der Waals surface area contributed by atoms with Crippen LogP contribution >= 0.6 is 11.3 Å². The second-order valence-corrected chi connectivity index (χ2v) is 11.9. The lowest BCUT2D eigenvalue weighted by Gasteiger charge is -2.50. The highest BCUT2D eigenvalue weighted by atomic mass is 32.3. The molecule has 1 saturated heterocycles. The number of thiazole rings is 1. The van der Waals surface area contributed by atoms with Gasteiger partial charge in [-0.25, -0.2) is 14.8 Å². The number of likely N-dealkylation sites (N-methyl/N-ethyl adjacent to an activating group) is 1. The Morgan fingerprint density at radius 1 is 1.22 bits per heavy atom. The summed E-state index contributed by atoms with van der Waals surface area (Å²) < 4.78 is 41.0. The summed E-state index contributed by atoms with van der Waals surface area (Å²) in [5.41, 5.74) is 4.34. The standard InChI is InChI=1S/C25H30N8O10S2/c1-25(2)20(22(35)33(25)43-45(38,39)40)31-21(34)19(16-12-44-24(26)30-16)32-42-17(23(36)37)11-41-14-5-6-15-13(10-14)4-7-18(29-15)28-9-8-27-3/h4-7,10,12,17,20,27H,8-9,11H2,1-3H3,(H2,26,30)(H,28,29)(H,31,34)(H,36,37)(H,38,39,40)/b32-19-/t17-,20?/m0/s1. The predicted molar refractivity (Wildman–Crippen MR) is 161 cm³/mol. The molecule has 0 aliphatic carbocycles. The number of oxime groups is 1. The summed E-state index contributed by atoms with van der Waals surface area (Å²) in [7, 11) is -3.17. The van der Waals surface area contributed by atoms with Crippen LogP contribution < -0.4 is 26.4 Å². The summed E-state index contributed by atoms with van der Waals surface area (Å²) in [6.07, 6.45) is -1.68. The number of hydroxylamine groups is 2. The summed E-state index contributed by atoms with van der Waals surface area (Å²) in [6, 6.07) is 7.30. The average molecular weight is 667 g/mol. The molecule has 242 valence electrons. The molecule has 7 N–H and O–H groups in total. The molecule has 1 aromatic carbocycles. The normalized spacial score (nSPS) is 17.0. The molecule has 0 radical (unpaired) electrons. The number of ether oxygens (including phenoxy) is 1. The van der Waals surface area contributed by atoms with Crippen molar-refractivity contribution < 1.29 is 46.3 Å². The molecule has 0 spiro atoms. The summed E-state index contributed by atoms with van der Waals surface area (Å²) in [5.74, 6) is -2.45. The molecule has 18 nitrogen and oxygen atoms in total. The molecule has 0 saturated carbocycles. The maximum Gasteiger partial charge on any atom is 0.418 e. The molecule has 3 aromatic rings. The first-order valence-electron chi connectivity index (χ1n) is 13.1. The summed E-state index contributed by atoms with van der Waals surface area (Å²) >= 11 is 0.958. The number of β-lactam (4-membered cyclic amide) rings is 1. The van der Waals surface area contributed by atoms with Gasteiger partial charge < -0.3 is 36.4 Å². The minimum atomic E-state index is -5.01. The van der Waals surface area contributed by atoms with Gasteiger partial charge in [0, 0.05) is 23.9 Å². The van der Waals surface area contributed by atoms with Gasteiger partial charge in [-0.15, -0.1) is 15.6 Å². The van der Waals surface area contributed by atoms with E-state index in [9.17, 15) is 27.9 Å². The van der Waals surface area contributed by atoms with Crippen molar-refractivity contribution in [3.05, 3.63) is 41.4 Å². The Hall–Kier alpha value is -4.63. The molecule has 0 bridgehead atoms. The molecule has 2 amide bonds. The Kier molecular flexibility index (Phi) is 10.0. The van der Waals surface area contributed by atoms with Crippen LogP contribution in [-0.2, 0) is 33.9 Å². The average Bonchev–Trinajstić information content (AvgIpc) is 3.41. The van der Waals surface area contributed by atoms with Crippen molar-refractivity contribution in [2.24, 2.45) is 5.16 Å². The molecule has 1 aliphatic heterocycles. The quantitative estimate of drug-likeness (QED) is 0.0410. The number of carboxylic acid groups (broad SMARTS) is 1. The van der Waals surface area contributed by atoms with Gasteiger partial charge in [-0.05, 0) is 51.2 Å². The third kappa shape index (κ3) is 8.10. The van der Waals surface area contributed by atoms with E-state index in [0.717, 1.165) is 23.3 Å². The Morgan fingerprint density at radius 2 is 1.98 bits per heavy atom. The molecular formula is C25H30N8O10S2. The van der Waals surface area contributed by atoms with Crippen LogP contribution in [0.5, 0.6) is 5.75 Å². The molecule has 3 heterocycles. The molecule has 20 heteroatoms. The van der Waals surface area contributed by atoms with Crippen molar-refractivity contribution in [3.63, 3.8) is 0 Å². The van der Waals surface area contributed by atoms with Gasteiger partial charge in [0.1, 0.15) is 29.9 Å². The lowest BCUT2D eigenvalue weighted by atomic mass is 9.84. The van der Waals surface area contributed by atoms with E-state index in [1.165, 1.54) is 19.2 Å². The Morgan fingerprint density at radius 3 is 2.60 bits per heavy atom. The van der Waals surface area contributed by atoms with Gasteiger partial charge in [-0.3, -0.25) is 14.1 Å². The van der Waals surface area contributed by atoms with Crippen molar-refractivity contribution in [1.82, 2.24) is 25.7 Å². The summed E-state index contributed by atoms with van der Waals surface area (Å²) in [4.78, 5) is 51.3. The van der Waals surface area contributed by atoms with Gasteiger partial charge in [-0.2, -0.15) is 13.5 Å². The second-order valence-electron chi connectivity index (χ2n) is 10.0. The van der Waals surface area contributed by atoms with E-state index in [0.29, 0.717) is 28.7 Å². The van der Waals surface area contributed by atoms with E-state index in [1.54, 1.807) is 24.3 Å². The highest BCUT2D eigenvalue weighted by Crippen LogP contribution is 2.33. The molecule has 1 unspecified atom stereocenters. The van der Waals surface area contributed by atoms with Crippen LogP contribution in [0.25, 0.3) is 10.9 Å². The van der Waals surface area contributed by atoms with Crippen LogP contribution in [0.4, 0.5) is 10.9 Å². The van der Waals surface area contributed by atoms with E-state index in [2.05, 4.69) is 35.4 Å². The molecule has 45 heavy (non-hydrogen) atoms. The Bertz CT molecular complexity index is 1730. The minimum Gasteiger partial charge on any atom is -0.489 e. The van der Waals surface area contributed by atoms with Gasteiger partial charge in [0.25, 0.3) is 17.9 Å². The maximum absolute atomic E-state index is 13.2. The maximum atomic E-state index is 13.2. The minimum absolute atomic E-state index is 0.0584. The third-order valence-corrected chi connectivity index (χ3v) is 7.40. The number of fused-ring (bicyclic) bond motifs is 1. The zero-order chi connectivity index (χ0) is 32.9. The topological polar surface area (TPSA) is 257 Å². The third-order valence-electron chi connectivity index (χ3n) is 6.39. The van der Waals surface area contributed by atoms with Crippen molar-refractivity contribution in [1.29, 1.82) is 0 Å². The fraction of sp³-hybridized carbons (Fsp3) is 0.360. The second kappa shape index (κ2) is 13.6. The van der Waals surface area contributed by atoms with Gasteiger partial charge >= 0.3 is 16.4 Å². The predicted octanol–water partition coefficient (Wildman–Crippen LogP) is -0.00230. The number of nitrogens with one attached hydrogen (secondary N) is 3. The lowest BCUT2D eigenvalue weighted by molar-refractivity contribution is -0.218. The molecular weight excluding hydrogens is 636 g/mol. The largest absolute Gasteiger partial charge is 0.489 e. The Balaban J connectivity index is 1.46. The van der Waals surface area contributed by atoms with E-state index in [1.807, 2.05) is 13.1 Å². The number of rotatable bonds is 15. The lowest BCUT2D eigenvalue weighted by Crippen LogP contribution is -2.76. The van der Waals surface area contributed by atoms with E-state index < -0.39 is 58.2 Å². The number of aliphatic carboxylic acids is 1. The number of anilines is 2. The van der Waals surface area contributed by atoms with Gasteiger partial charge in [0.05, 0.1) is 11.1 Å². The first kappa shape index (κ1) is 33.3. The number of nitrogens with two attached hydrogens (primary N) is 1. The summed E-state index contributed by atoms with van der Waals surface area (Å²) in [6.45, 7) is 3.67. The monoisotopic (exact) mass is 666 g/mol. The smallest absolute Gasteiger partial charge is 0.418 e.